The van der Waals surface area contributed by atoms with Gasteiger partial charge in [0.2, 0.25) is 5.95 Å². The summed E-state index contributed by atoms with van der Waals surface area (Å²) < 4.78 is 0. The highest BCUT2D eigenvalue weighted by molar-refractivity contribution is 8.18. The van der Waals surface area contributed by atoms with Gasteiger partial charge in [0, 0.05) is 42.2 Å². The van der Waals surface area contributed by atoms with Crippen molar-refractivity contribution in [1.29, 1.82) is 0 Å². The van der Waals surface area contributed by atoms with Crippen LogP contribution in [0.5, 0.6) is 0 Å². The van der Waals surface area contributed by atoms with Crippen LogP contribution in [0.3, 0.4) is 0 Å². The van der Waals surface area contributed by atoms with E-state index in [1.54, 1.807) is 29.7 Å². The molecule has 2 amide bonds. The first-order valence-corrected chi connectivity index (χ1v) is 14.3. The summed E-state index contributed by atoms with van der Waals surface area (Å²) >= 11 is 2.58. The van der Waals surface area contributed by atoms with Crippen LogP contribution in [0.4, 0.5) is 10.7 Å². The standard InChI is InChI=1S/C28H26N6O2S2/c35-26-25(38-28(36)33-26)14-21-5-9-30-27(31-21)34-10-6-18(7-11-34)15-29-16-24-22-4-2-1-3-19(22)13-23(32-24)20-8-12-37-17-20/h1-5,8-9,12-14,17-18,29H,6-7,10-11,15-16H2,(H,33,35,36)/b25-14-. The Balaban J connectivity index is 1.06. The van der Waals surface area contributed by atoms with Crippen molar-refractivity contribution in [1.82, 2.24) is 25.6 Å². The molecule has 6 rings (SSSR count). The number of amides is 2. The Bertz CT molecular complexity index is 1510. The first-order valence-electron chi connectivity index (χ1n) is 12.6. The van der Waals surface area contributed by atoms with Crippen LogP contribution >= 0.6 is 23.1 Å². The number of rotatable bonds is 7. The lowest BCUT2D eigenvalue weighted by Crippen LogP contribution is -2.38. The number of thiophene rings is 1. The summed E-state index contributed by atoms with van der Waals surface area (Å²) in [5.74, 6) is 0.837. The minimum atomic E-state index is -0.380. The molecule has 0 radical (unpaired) electrons. The molecular formula is C28H26N6O2S2. The van der Waals surface area contributed by atoms with E-state index < -0.39 is 0 Å². The third-order valence-corrected chi connectivity index (χ3v) is 8.34. The summed E-state index contributed by atoms with van der Waals surface area (Å²) in [6, 6.07) is 14.5. The molecule has 2 saturated heterocycles. The Kier molecular flexibility index (Phi) is 7.17. The predicted octanol–water partition coefficient (Wildman–Crippen LogP) is 5.08. The fraction of sp³-hybridized carbons (Fsp3) is 0.250. The second kappa shape index (κ2) is 11.0. The van der Waals surface area contributed by atoms with Crippen LogP contribution in [0.15, 0.2) is 64.3 Å². The zero-order valence-corrected chi connectivity index (χ0v) is 22.2. The van der Waals surface area contributed by atoms with Crippen LogP contribution < -0.4 is 15.5 Å². The third kappa shape index (κ3) is 5.47. The van der Waals surface area contributed by atoms with Gasteiger partial charge in [0.05, 0.1) is 22.0 Å². The number of nitrogens with zero attached hydrogens (tertiary/aromatic N) is 4. The molecule has 4 aromatic rings. The maximum atomic E-state index is 11.8. The van der Waals surface area contributed by atoms with E-state index in [9.17, 15) is 9.59 Å². The minimum Gasteiger partial charge on any atom is -0.341 e. The largest absolute Gasteiger partial charge is 0.341 e. The van der Waals surface area contributed by atoms with Crippen molar-refractivity contribution in [2.75, 3.05) is 24.5 Å². The van der Waals surface area contributed by atoms with Gasteiger partial charge in [-0.05, 0) is 72.1 Å². The highest BCUT2D eigenvalue weighted by Crippen LogP contribution is 2.28. The van der Waals surface area contributed by atoms with E-state index in [1.807, 2.05) is 0 Å². The quantitative estimate of drug-likeness (QED) is 0.312. The van der Waals surface area contributed by atoms with Crippen LogP contribution in [0, 0.1) is 5.92 Å². The molecule has 0 spiro atoms. The molecule has 1 aromatic carbocycles. The first kappa shape index (κ1) is 24.7. The molecule has 2 aliphatic rings. The summed E-state index contributed by atoms with van der Waals surface area (Å²) in [4.78, 5) is 39.9. The Morgan fingerprint density at radius 2 is 1.97 bits per heavy atom. The van der Waals surface area contributed by atoms with Crippen LogP contribution in [0.1, 0.15) is 24.2 Å². The summed E-state index contributed by atoms with van der Waals surface area (Å²) in [5.41, 5.74) is 3.88. The number of aromatic nitrogens is 3. The Labute approximate surface area is 228 Å². The van der Waals surface area contributed by atoms with Crippen LogP contribution in [0.25, 0.3) is 28.1 Å². The Morgan fingerprint density at radius 1 is 1.11 bits per heavy atom. The molecule has 0 atom stereocenters. The molecule has 8 nitrogen and oxygen atoms in total. The SMILES string of the molecule is O=C1NC(=O)/C(=C/c2ccnc(N3CCC(CNCc4nc(-c5ccsc5)cc5ccccc45)CC3)n2)S1. The van der Waals surface area contributed by atoms with Gasteiger partial charge in [-0.2, -0.15) is 11.3 Å². The zero-order chi connectivity index (χ0) is 25.9. The van der Waals surface area contributed by atoms with Gasteiger partial charge in [0.25, 0.3) is 11.1 Å². The van der Waals surface area contributed by atoms with E-state index in [2.05, 4.69) is 72.7 Å². The third-order valence-electron chi connectivity index (χ3n) is 6.84. The van der Waals surface area contributed by atoms with E-state index >= 15 is 0 Å². The lowest BCUT2D eigenvalue weighted by molar-refractivity contribution is -0.115. The van der Waals surface area contributed by atoms with E-state index in [1.165, 1.54) is 10.8 Å². The lowest BCUT2D eigenvalue weighted by atomic mass is 9.97. The smallest absolute Gasteiger partial charge is 0.290 e. The molecule has 10 heteroatoms. The van der Waals surface area contributed by atoms with Gasteiger partial charge in [-0.25, -0.2) is 9.97 Å². The van der Waals surface area contributed by atoms with Crippen molar-refractivity contribution < 1.29 is 9.59 Å². The van der Waals surface area contributed by atoms with Gasteiger partial charge in [0.15, 0.2) is 0 Å². The molecule has 192 valence electrons. The van der Waals surface area contributed by atoms with E-state index in [0.717, 1.165) is 67.7 Å². The van der Waals surface area contributed by atoms with Gasteiger partial charge in [-0.3, -0.25) is 19.9 Å². The van der Waals surface area contributed by atoms with Crippen molar-refractivity contribution in [2.24, 2.45) is 5.92 Å². The second-order valence-corrected chi connectivity index (χ2v) is 11.2. The molecule has 38 heavy (non-hydrogen) atoms. The number of pyridine rings is 1. The van der Waals surface area contributed by atoms with Gasteiger partial charge >= 0.3 is 0 Å². The maximum Gasteiger partial charge on any atom is 0.290 e. The van der Waals surface area contributed by atoms with E-state index in [-0.39, 0.29) is 11.1 Å². The number of piperidine rings is 1. The molecule has 0 saturated carbocycles. The van der Waals surface area contributed by atoms with Crippen molar-refractivity contribution in [3.8, 4) is 11.3 Å². The fourth-order valence-corrected chi connectivity index (χ4v) is 6.16. The summed E-state index contributed by atoms with van der Waals surface area (Å²) in [5, 5.41) is 12.2. The number of hydrogen-bond acceptors (Lipinski definition) is 9. The van der Waals surface area contributed by atoms with Crippen molar-refractivity contribution >= 4 is 57.0 Å². The topological polar surface area (TPSA) is 100 Å². The highest BCUT2D eigenvalue weighted by Gasteiger charge is 2.26. The van der Waals surface area contributed by atoms with Crippen LogP contribution in [0.2, 0.25) is 0 Å². The number of hydrogen-bond donors (Lipinski definition) is 2. The molecule has 0 unspecified atom stereocenters. The Morgan fingerprint density at radius 3 is 2.76 bits per heavy atom. The monoisotopic (exact) mass is 542 g/mol. The average Bonchev–Trinajstić information content (AvgIpc) is 3.59. The number of imide groups is 1. The number of thioether (sulfide) groups is 1. The van der Waals surface area contributed by atoms with Crippen LogP contribution in [-0.2, 0) is 11.3 Å². The second-order valence-electron chi connectivity index (χ2n) is 9.38. The fourth-order valence-electron chi connectivity index (χ4n) is 4.85. The normalized spacial score (nSPS) is 17.5. The minimum absolute atomic E-state index is 0.354. The molecule has 0 bridgehead atoms. The van der Waals surface area contributed by atoms with E-state index in [0.29, 0.717) is 22.5 Å². The molecule has 3 aromatic heterocycles. The van der Waals surface area contributed by atoms with Crippen molar-refractivity contribution in [3.05, 3.63) is 75.7 Å². The predicted molar refractivity (Wildman–Crippen MR) is 153 cm³/mol. The Hall–Kier alpha value is -3.60. The lowest BCUT2D eigenvalue weighted by Gasteiger charge is -2.32. The molecule has 2 aliphatic heterocycles. The van der Waals surface area contributed by atoms with Gasteiger partial charge in [-0.15, -0.1) is 0 Å². The number of anilines is 1. The molecule has 5 heterocycles. The van der Waals surface area contributed by atoms with Crippen molar-refractivity contribution in [2.45, 2.75) is 19.4 Å². The maximum absolute atomic E-state index is 11.8. The number of fused-ring (bicyclic) bond motifs is 1. The molecule has 2 fully saturated rings. The van der Waals surface area contributed by atoms with Crippen molar-refractivity contribution in [3.63, 3.8) is 0 Å². The number of carbonyl (C=O) groups excluding carboxylic acids is 2. The molecule has 0 aliphatic carbocycles. The molecule has 2 N–H and O–H groups in total. The van der Waals surface area contributed by atoms with Gasteiger partial charge in [-0.1, -0.05) is 24.3 Å². The first-order chi connectivity index (χ1) is 18.6. The zero-order valence-electron chi connectivity index (χ0n) is 20.6. The number of benzene rings is 1. The van der Waals surface area contributed by atoms with Gasteiger partial charge < -0.3 is 10.2 Å². The van der Waals surface area contributed by atoms with Gasteiger partial charge in [0.1, 0.15) is 0 Å². The van der Waals surface area contributed by atoms with Crippen LogP contribution in [-0.4, -0.2) is 45.7 Å². The number of carbonyl (C=O) groups is 2. The summed E-state index contributed by atoms with van der Waals surface area (Å²) in [6.07, 6.45) is 5.41. The number of nitrogens with one attached hydrogen (secondary N) is 2. The summed E-state index contributed by atoms with van der Waals surface area (Å²) in [7, 11) is 0. The highest BCUT2D eigenvalue weighted by atomic mass is 32.2. The summed E-state index contributed by atoms with van der Waals surface area (Å²) in [6.45, 7) is 3.40. The molecular weight excluding hydrogens is 516 g/mol. The van der Waals surface area contributed by atoms with E-state index in [4.69, 9.17) is 4.98 Å². The average molecular weight is 543 g/mol.